The predicted molar refractivity (Wildman–Crippen MR) is 98.3 cm³/mol. The van der Waals surface area contributed by atoms with Gasteiger partial charge < -0.3 is 9.30 Å². The highest BCUT2D eigenvalue weighted by molar-refractivity contribution is 5.96. The second-order valence-corrected chi connectivity index (χ2v) is 5.82. The third-order valence-electron chi connectivity index (χ3n) is 4.28. The van der Waals surface area contributed by atoms with E-state index >= 15 is 0 Å². The molecule has 1 radical (unpaired) electrons. The second kappa shape index (κ2) is 6.25. The van der Waals surface area contributed by atoms with Crippen molar-refractivity contribution < 1.29 is 4.74 Å². The first-order valence-electron chi connectivity index (χ1n) is 8.03. The van der Waals surface area contributed by atoms with Crippen molar-refractivity contribution in [2.24, 2.45) is 0 Å². The van der Waals surface area contributed by atoms with E-state index in [0.717, 1.165) is 17.9 Å². The Morgan fingerprint density at radius 1 is 0.958 bits per heavy atom. The molecule has 0 aliphatic carbocycles. The SMILES string of the molecule is COc1cc[c]c(-c2cn(Cc3ccccc3)c3ccccc23)c1. The van der Waals surface area contributed by atoms with Crippen molar-refractivity contribution in [3.8, 4) is 16.9 Å². The highest BCUT2D eigenvalue weighted by Crippen LogP contribution is 2.32. The zero-order valence-corrected chi connectivity index (χ0v) is 13.6. The lowest BCUT2D eigenvalue weighted by molar-refractivity contribution is 0.415. The summed E-state index contributed by atoms with van der Waals surface area (Å²) in [4.78, 5) is 0. The van der Waals surface area contributed by atoms with Crippen LogP contribution in [0.2, 0.25) is 0 Å². The molecule has 117 valence electrons. The van der Waals surface area contributed by atoms with Crippen LogP contribution in [0, 0.1) is 6.07 Å². The van der Waals surface area contributed by atoms with Crippen molar-refractivity contribution in [2.75, 3.05) is 7.11 Å². The van der Waals surface area contributed by atoms with Crippen LogP contribution in [0.1, 0.15) is 5.56 Å². The van der Waals surface area contributed by atoms with Crippen LogP contribution in [0.4, 0.5) is 0 Å². The largest absolute Gasteiger partial charge is 0.497 e. The van der Waals surface area contributed by atoms with E-state index in [1.807, 2.05) is 24.3 Å². The maximum Gasteiger partial charge on any atom is 0.119 e. The molecule has 0 saturated heterocycles. The summed E-state index contributed by atoms with van der Waals surface area (Å²) in [5, 5.41) is 1.23. The molecule has 0 amide bonds. The van der Waals surface area contributed by atoms with Crippen molar-refractivity contribution in [1.29, 1.82) is 0 Å². The molecule has 0 atom stereocenters. The van der Waals surface area contributed by atoms with Crippen LogP contribution >= 0.6 is 0 Å². The van der Waals surface area contributed by atoms with Crippen LogP contribution in [0.25, 0.3) is 22.0 Å². The van der Waals surface area contributed by atoms with Gasteiger partial charge in [0, 0.05) is 29.2 Å². The smallest absolute Gasteiger partial charge is 0.119 e. The van der Waals surface area contributed by atoms with Gasteiger partial charge in [-0.1, -0.05) is 54.6 Å². The van der Waals surface area contributed by atoms with Crippen molar-refractivity contribution in [3.05, 3.63) is 90.6 Å². The Morgan fingerprint density at radius 2 is 1.75 bits per heavy atom. The fraction of sp³-hybridized carbons (Fsp3) is 0.0909. The summed E-state index contributed by atoms with van der Waals surface area (Å²) in [6.07, 6.45) is 2.21. The second-order valence-electron chi connectivity index (χ2n) is 5.82. The number of hydrogen-bond donors (Lipinski definition) is 0. The minimum Gasteiger partial charge on any atom is -0.497 e. The number of rotatable bonds is 4. The van der Waals surface area contributed by atoms with E-state index in [1.165, 1.54) is 22.0 Å². The molecule has 0 aliphatic heterocycles. The molecule has 0 spiro atoms. The number of fused-ring (bicyclic) bond motifs is 1. The Bertz CT molecular complexity index is 970. The number of para-hydroxylation sites is 1. The summed E-state index contributed by atoms with van der Waals surface area (Å²) in [6.45, 7) is 0.853. The Labute approximate surface area is 141 Å². The van der Waals surface area contributed by atoms with Gasteiger partial charge in [0.2, 0.25) is 0 Å². The number of methoxy groups -OCH3 is 1. The van der Waals surface area contributed by atoms with E-state index in [4.69, 9.17) is 4.74 Å². The third-order valence-corrected chi connectivity index (χ3v) is 4.28. The van der Waals surface area contributed by atoms with Gasteiger partial charge in [0.25, 0.3) is 0 Å². The lowest BCUT2D eigenvalue weighted by atomic mass is 10.0. The maximum atomic E-state index is 5.36. The quantitative estimate of drug-likeness (QED) is 0.507. The Morgan fingerprint density at radius 3 is 2.58 bits per heavy atom. The molecule has 4 aromatic rings. The van der Waals surface area contributed by atoms with Crippen LogP contribution in [0.15, 0.2) is 79.0 Å². The lowest BCUT2D eigenvalue weighted by Crippen LogP contribution is -1.97. The van der Waals surface area contributed by atoms with Gasteiger partial charge in [-0.25, -0.2) is 0 Å². The first kappa shape index (κ1) is 14.6. The molecule has 2 heteroatoms. The molecule has 4 rings (SSSR count). The predicted octanol–water partition coefficient (Wildman–Crippen LogP) is 5.17. The molecule has 1 aromatic heterocycles. The topological polar surface area (TPSA) is 14.2 Å². The van der Waals surface area contributed by atoms with Gasteiger partial charge in [0.05, 0.1) is 7.11 Å². The van der Waals surface area contributed by atoms with Gasteiger partial charge in [0.15, 0.2) is 0 Å². The highest BCUT2D eigenvalue weighted by atomic mass is 16.5. The first-order chi connectivity index (χ1) is 11.8. The van der Waals surface area contributed by atoms with Crippen molar-refractivity contribution in [1.82, 2.24) is 4.57 Å². The molecule has 0 bridgehead atoms. The summed E-state index contributed by atoms with van der Waals surface area (Å²) in [7, 11) is 1.69. The summed E-state index contributed by atoms with van der Waals surface area (Å²) < 4.78 is 7.66. The van der Waals surface area contributed by atoms with Crippen molar-refractivity contribution in [3.63, 3.8) is 0 Å². The van der Waals surface area contributed by atoms with Gasteiger partial charge in [-0.15, -0.1) is 0 Å². The van der Waals surface area contributed by atoms with Gasteiger partial charge in [-0.05, 0) is 35.4 Å². The van der Waals surface area contributed by atoms with E-state index in [-0.39, 0.29) is 0 Å². The van der Waals surface area contributed by atoms with Crippen LogP contribution in [-0.4, -0.2) is 11.7 Å². The Balaban J connectivity index is 1.84. The van der Waals surface area contributed by atoms with Crippen LogP contribution in [-0.2, 0) is 6.54 Å². The van der Waals surface area contributed by atoms with Crippen LogP contribution < -0.4 is 4.74 Å². The normalized spacial score (nSPS) is 10.9. The average molecular weight is 312 g/mol. The number of nitrogens with zero attached hydrogens (tertiary/aromatic N) is 1. The van der Waals surface area contributed by atoms with Gasteiger partial charge >= 0.3 is 0 Å². The molecule has 0 saturated carbocycles. The molecular formula is C22H18NO. The molecule has 0 unspecified atom stereocenters. The summed E-state index contributed by atoms with van der Waals surface area (Å²) in [5.41, 5.74) is 4.75. The molecule has 3 aromatic carbocycles. The summed E-state index contributed by atoms with van der Waals surface area (Å²) in [5.74, 6) is 0.851. The van der Waals surface area contributed by atoms with E-state index in [2.05, 4.69) is 65.4 Å². The molecule has 1 heterocycles. The monoisotopic (exact) mass is 312 g/mol. The van der Waals surface area contributed by atoms with Gasteiger partial charge in [0.1, 0.15) is 5.75 Å². The fourth-order valence-electron chi connectivity index (χ4n) is 3.10. The summed E-state index contributed by atoms with van der Waals surface area (Å²) >= 11 is 0. The third kappa shape index (κ3) is 2.67. The number of benzene rings is 3. The Hall–Kier alpha value is -3.00. The first-order valence-corrected chi connectivity index (χ1v) is 8.03. The molecule has 0 N–H and O–H groups in total. The standard InChI is InChI=1S/C22H18NO/c1-24-19-11-7-10-18(14-19)21-16-23(15-17-8-3-2-4-9-17)22-13-6-5-12-20(21)22/h2-9,11-14,16H,15H2,1H3. The van der Waals surface area contributed by atoms with Crippen molar-refractivity contribution in [2.45, 2.75) is 6.54 Å². The fourth-order valence-corrected chi connectivity index (χ4v) is 3.10. The van der Waals surface area contributed by atoms with Crippen molar-refractivity contribution >= 4 is 10.9 Å². The van der Waals surface area contributed by atoms with Gasteiger partial charge in [-0.2, -0.15) is 0 Å². The molecule has 2 nitrogen and oxygen atoms in total. The molecule has 0 aliphatic rings. The molecule has 24 heavy (non-hydrogen) atoms. The van der Waals surface area contributed by atoms with Crippen LogP contribution in [0.3, 0.4) is 0 Å². The van der Waals surface area contributed by atoms with Gasteiger partial charge in [-0.3, -0.25) is 0 Å². The molecule has 0 fully saturated rings. The summed E-state index contributed by atoms with van der Waals surface area (Å²) in [6, 6.07) is 28.2. The highest BCUT2D eigenvalue weighted by Gasteiger charge is 2.11. The molecular weight excluding hydrogens is 294 g/mol. The zero-order valence-electron chi connectivity index (χ0n) is 13.6. The van der Waals surface area contributed by atoms with E-state index in [0.29, 0.717) is 0 Å². The van der Waals surface area contributed by atoms with E-state index in [1.54, 1.807) is 7.11 Å². The number of ether oxygens (including phenoxy) is 1. The number of aromatic nitrogens is 1. The van der Waals surface area contributed by atoms with E-state index < -0.39 is 0 Å². The average Bonchev–Trinajstić information content (AvgIpc) is 3.01. The Kier molecular flexibility index (Phi) is 3.80. The zero-order chi connectivity index (χ0) is 16.4. The minimum absolute atomic E-state index is 0.851. The van der Waals surface area contributed by atoms with E-state index in [9.17, 15) is 0 Å². The minimum atomic E-state index is 0.851. The van der Waals surface area contributed by atoms with Crippen LogP contribution in [0.5, 0.6) is 5.75 Å². The maximum absolute atomic E-state index is 5.36. The number of hydrogen-bond acceptors (Lipinski definition) is 1. The lowest BCUT2D eigenvalue weighted by Gasteiger charge is -2.05.